The van der Waals surface area contributed by atoms with Crippen molar-refractivity contribution in [2.75, 3.05) is 38.1 Å². The molecule has 0 saturated carbocycles. The van der Waals surface area contributed by atoms with Crippen LogP contribution in [-0.4, -0.2) is 43.1 Å². The van der Waals surface area contributed by atoms with Gasteiger partial charge in [0.05, 0.1) is 5.69 Å². The fourth-order valence-corrected chi connectivity index (χ4v) is 3.19. The first-order chi connectivity index (χ1) is 9.24. The molecule has 0 bridgehead atoms. The average Bonchev–Trinajstić information content (AvgIpc) is 2.86. The summed E-state index contributed by atoms with van der Waals surface area (Å²) in [5.74, 6) is 0. The van der Waals surface area contributed by atoms with Crippen LogP contribution in [0, 0.1) is 6.92 Å². The van der Waals surface area contributed by atoms with E-state index in [9.17, 15) is 0 Å². The number of nitrogens with zero attached hydrogens (tertiary/aromatic N) is 3. The molecule has 0 aliphatic carbocycles. The highest BCUT2D eigenvalue weighted by molar-refractivity contribution is 7.10. The number of hydrogen-bond donors (Lipinski definition) is 0. The van der Waals surface area contributed by atoms with Crippen LogP contribution in [0.25, 0.3) is 11.3 Å². The van der Waals surface area contributed by atoms with Crippen LogP contribution in [-0.2, 0) is 0 Å². The minimum atomic E-state index is 1.09. The normalized spacial score (nSPS) is 16.8. The molecule has 0 atom stereocenters. The first kappa shape index (κ1) is 12.6. The van der Waals surface area contributed by atoms with E-state index < -0.39 is 0 Å². The van der Waals surface area contributed by atoms with Crippen molar-refractivity contribution in [3.05, 3.63) is 34.7 Å². The summed E-state index contributed by atoms with van der Waals surface area (Å²) in [6.07, 6.45) is 1.93. The average molecular weight is 273 g/mol. The third-order valence-electron chi connectivity index (χ3n) is 3.75. The van der Waals surface area contributed by atoms with E-state index >= 15 is 0 Å². The summed E-state index contributed by atoms with van der Waals surface area (Å²) in [7, 11) is 2.18. The number of anilines is 1. The highest BCUT2D eigenvalue weighted by atomic mass is 32.1. The van der Waals surface area contributed by atoms with Gasteiger partial charge >= 0.3 is 0 Å². The predicted octanol–water partition coefficient (Wildman–Crippen LogP) is 2.87. The number of aryl methyl sites for hydroxylation is 1. The first-order valence-electron chi connectivity index (χ1n) is 6.68. The molecule has 3 nitrogen and oxygen atoms in total. The molecule has 4 heteroatoms. The third-order valence-corrected chi connectivity index (χ3v) is 4.59. The maximum atomic E-state index is 4.52. The zero-order valence-corrected chi connectivity index (χ0v) is 12.3. The van der Waals surface area contributed by atoms with E-state index in [1.54, 1.807) is 11.3 Å². The van der Waals surface area contributed by atoms with Crippen LogP contribution in [0.3, 0.4) is 0 Å². The SMILES string of the molecule is Cc1sccc1-c1cc(N2CCN(C)CC2)ccn1. The quantitative estimate of drug-likeness (QED) is 0.839. The molecule has 1 saturated heterocycles. The van der Waals surface area contributed by atoms with Gasteiger partial charge in [-0.1, -0.05) is 0 Å². The second-order valence-electron chi connectivity index (χ2n) is 5.08. The van der Waals surface area contributed by atoms with Gasteiger partial charge < -0.3 is 9.80 Å². The Hall–Kier alpha value is -1.39. The van der Waals surface area contributed by atoms with E-state index in [4.69, 9.17) is 0 Å². The molecule has 100 valence electrons. The van der Waals surface area contributed by atoms with Gasteiger partial charge in [-0.3, -0.25) is 4.98 Å². The molecule has 1 aliphatic heterocycles. The third kappa shape index (κ3) is 2.65. The van der Waals surface area contributed by atoms with Crippen LogP contribution in [0.5, 0.6) is 0 Å². The molecule has 1 fully saturated rings. The van der Waals surface area contributed by atoms with Crippen LogP contribution >= 0.6 is 11.3 Å². The summed E-state index contributed by atoms with van der Waals surface area (Å²) in [5, 5.41) is 2.13. The maximum absolute atomic E-state index is 4.52. The number of aromatic nitrogens is 1. The van der Waals surface area contributed by atoms with Crippen molar-refractivity contribution in [1.82, 2.24) is 9.88 Å². The van der Waals surface area contributed by atoms with Gasteiger partial charge in [-0.05, 0) is 37.6 Å². The molecule has 0 unspecified atom stereocenters. The van der Waals surface area contributed by atoms with E-state index in [0.29, 0.717) is 0 Å². The Morgan fingerprint density at radius 2 is 1.95 bits per heavy atom. The van der Waals surface area contributed by atoms with Crippen molar-refractivity contribution in [2.24, 2.45) is 0 Å². The number of hydrogen-bond acceptors (Lipinski definition) is 4. The van der Waals surface area contributed by atoms with Gasteiger partial charge in [0, 0.05) is 48.5 Å². The maximum Gasteiger partial charge on any atom is 0.0733 e. The monoisotopic (exact) mass is 273 g/mol. The molecular formula is C15H19N3S. The Kier molecular flexibility index (Phi) is 3.53. The molecule has 3 rings (SSSR count). The van der Waals surface area contributed by atoms with Gasteiger partial charge in [0.15, 0.2) is 0 Å². The molecule has 0 N–H and O–H groups in total. The zero-order chi connectivity index (χ0) is 13.2. The lowest BCUT2D eigenvalue weighted by atomic mass is 10.1. The Labute approximate surface area is 118 Å². The number of likely N-dealkylation sites (N-methyl/N-ethyl adjacent to an activating group) is 1. The van der Waals surface area contributed by atoms with Gasteiger partial charge in [0.1, 0.15) is 0 Å². The fourth-order valence-electron chi connectivity index (χ4n) is 2.48. The van der Waals surface area contributed by atoms with Crippen LogP contribution in [0.1, 0.15) is 4.88 Å². The summed E-state index contributed by atoms with van der Waals surface area (Å²) >= 11 is 1.78. The standard InChI is InChI=1S/C15H19N3S/c1-12-14(4-10-19-12)15-11-13(3-5-16-15)18-8-6-17(2)7-9-18/h3-5,10-11H,6-9H2,1-2H3. The minimum Gasteiger partial charge on any atom is -0.369 e. The fraction of sp³-hybridized carbons (Fsp3) is 0.400. The van der Waals surface area contributed by atoms with E-state index in [-0.39, 0.29) is 0 Å². The van der Waals surface area contributed by atoms with Crippen molar-refractivity contribution >= 4 is 17.0 Å². The Morgan fingerprint density at radius 1 is 1.16 bits per heavy atom. The number of rotatable bonds is 2. The van der Waals surface area contributed by atoms with Crippen LogP contribution in [0.4, 0.5) is 5.69 Å². The summed E-state index contributed by atoms with van der Waals surface area (Å²) in [4.78, 5) is 10.7. The molecule has 19 heavy (non-hydrogen) atoms. The zero-order valence-electron chi connectivity index (χ0n) is 11.5. The van der Waals surface area contributed by atoms with Crippen LogP contribution in [0.15, 0.2) is 29.8 Å². The van der Waals surface area contributed by atoms with Gasteiger partial charge in [-0.25, -0.2) is 0 Å². The van der Waals surface area contributed by atoms with Crippen LogP contribution < -0.4 is 4.90 Å². The molecule has 0 spiro atoms. The number of thiophene rings is 1. The molecule has 2 aromatic rings. The van der Waals surface area contributed by atoms with Crippen molar-refractivity contribution in [3.8, 4) is 11.3 Å². The number of piperazine rings is 1. The first-order valence-corrected chi connectivity index (χ1v) is 7.56. The van der Waals surface area contributed by atoms with Crippen LogP contribution in [0.2, 0.25) is 0 Å². The topological polar surface area (TPSA) is 19.4 Å². The Balaban J connectivity index is 1.86. The molecular weight excluding hydrogens is 254 g/mol. The molecule has 0 aromatic carbocycles. The molecule has 0 amide bonds. The predicted molar refractivity (Wildman–Crippen MR) is 82.0 cm³/mol. The Bertz CT molecular complexity index is 556. The minimum absolute atomic E-state index is 1.09. The second kappa shape index (κ2) is 5.31. The molecule has 1 aliphatic rings. The van der Waals surface area contributed by atoms with E-state index in [2.05, 4.69) is 52.3 Å². The highest BCUT2D eigenvalue weighted by Crippen LogP contribution is 2.28. The molecule has 3 heterocycles. The van der Waals surface area contributed by atoms with E-state index in [0.717, 1.165) is 31.9 Å². The number of pyridine rings is 1. The summed E-state index contributed by atoms with van der Waals surface area (Å²) in [6.45, 7) is 6.62. The lowest BCUT2D eigenvalue weighted by Gasteiger charge is -2.34. The van der Waals surface area contributed by atoms with Gasteiger partial charge in [0.2, 0.25) is 0 Å². The van der Waals surface area contributed by atoms with Gasteiger partial charge in [-0.15, -0.1) is 11.3 Å². The van der Waals surface area contributed by atoms with Crippen molar-refractivity contribution in [2.45, 2.75) is 6.92 Å². The van der Waals surface area contributed by atoms with E-state index in [1.807, 2.05) is 6.20 Å². The second-order valence-corrected chi connectivity index (χ2v) is 6.20. The van der Waals surface area contributed by atoms with Crippen molar-refractivity contribution < 1.29 is 0 Å². The lowest BCUT2D eigenvalue weighted by Crippen LogP contribution is -2.44. The molecule has 2 aromatic heterocycles. The van der Waals surface area contributed by atoms with Crippen molar-refractivity contribution in [3.63, 3.8) is 0 Å². The highest BCUT2D eigenvalue weighted by Gasteiger charge is 2.15. The van der Waals surface area contributed by atoms with Crippen molar-refractivity contribution in [1.29, 1.82) is 0 Å². The lowest BCUT2D eigenvalue weighted by molar-refractivity contribution is 0.313. The van der Waals surface area contributed by atoms with E-state index in [1.165, 1.54) is 16.1 Å². The summed E-state index contributed by atoms with van der Waals surface area (Å²) in [5.41, 5.74) is 3.65. The smallest absolute Gasteiger partial charge is 0.0733 e. The van der Waals surface area contributed by atoms with Gasteiger partial charge in [0.25, 0.3) is 0 Å². The Morgan fingerprint density at radius 3 is 2.63 bits per heavy atom. The largest absolute Gasteiger partial charge is 0.369 e. The van der Waals surface area contributed by atoms with Gasteiger partial charge in [-0.2, -0.15) is 0 Å². The summed E-state index contributed by atoms with van der Waals surface area (Å²) < 4.78 is 0. The summed E-state index contributed by atoms with van der Waals surface area (Å²) in [6, 6.07) is 6.51. The molecule has 0 radical (unpaired) electrons.